The van der Waals surface area contributed by atoms with Gasteiger partial charge in [-0.2, -0.15) is 0 Å². The molecule has 1 unspecified atom stereocenters. The molecule has 0 N–H and O–H groups in total. The Morgan fingerprint density at radius 2 is 1.34 bits per heavy atom. The monoisotopic (exact) mass is 457 g/mol. The van der Waals surface area contributed by atoms with Crippen LogP contribution in [0.15, 0.2) is 108 Å². The first-order valence-corrected chi connectivity index (χ1v) is 12.6. The number of fused-ring (bicyclic) bond motifs is 1. The van der Waals surface area contributed by atoms with E-state index in [9.17, 15) is 0 Å². The Hall–Kier alpha value is -3.75. The lowest BCUT2D eigenvalue weighted by Gasteiger charge is -2.39. The summed E-state index contributed by atoms with van der Waals surface area (Å²) < 4.78 is 0.968. The van der Waals surface area contributed by atoms with Crippen LogP contribution in [0.4, 0.5) is 11.4 Å². The van der Waals surface area contributed by atoms with Crippen molar-refractivity contribution in [2.24, 2.45) is 4.99 Å². The van der Waals surface area contributed by atoms with Gasteiger partial charge in [0.25, 0.3) is 0 Å². The number of rotatable bonds is 7. The summed E-state index contributed by atoms with van der Waals surface area (Å²) in [6.45, 7) is 6.77. The summed E-state index contributed by atoms with van der Waals surface area (Å²) >= 11 is 0. The third kappa shape index (κ3) is 4.62. The molecule has 0 bridgehead atoms. The minimum atomic E-state index is 0.431. The molecule has 0 aromatic heterocycles. The van der Waals surface area contributed by atoms with Crippen LogP contribution >= 0.6 is 0 Å². The molecule has 2 nitrogen and oxygen atoms in total. The zero-order valence-electron chi connectivity index (χ0n) is 20.6. The summed E-state index contributed by atoms with van der Waals surface area (Å²) in [6, 6.07) is 37.0. The summed E-state index contributed by atoms with van der Waals surface area (Å²) in [5.41, 5.74) is 8.77. The molecule has 0 radical (unpaired) electrons. The van der Waals surface area contributed by atoms with Crippen LogP contribution in [-0.2, 0) is 6.42 Å². The average Bonchev–Trinajstić information content (AvgIpc) is 3.25. The van der Waals surface area contributed by atoms with Gasteiger partial charge in [0, 0.05) is 35.4 Å². The van der Waals surface area contributed by atoms with Crippen molar-refractivity contribution >= 4 is 29.7 Å². The Morgan fingerprint density at radius 3 is 1.97 bits per heavy atom. The molecule has 0 fully saturated rings. The lowest BCUT2D eigenvalue weighted by Crippen LogP contribution is -2.49. The van der Waals surface area contributed by atoms with E-state index in [0.717, 1.165) is 35.2 Å². The summed E-state index contributed by atoms with van der Waals surface area (Å²) in [6.07, 6.45) is 7.44. The molecular weight excluding hydrogens is 424 g/mol. The SMILES string of the molecule is CC[N+]1(CC)c2cc(N=Cc3ccccc3)c(C=Cc3ccccc3)cc2CC1c1ccccc1. The molecule has 174 valence electrons. The summed E-state index contributed by atoms with van der Waals surface area (Å²) in [7, 11) is 0. The van der Waals surface area contributed by atoms with Gasteiger partial charge in [0.1, 0.15) is 11.7 Å². The van der Waals surface area contributed by atoms with Crippen LogP contribution in [0.1, 0.15) is 47.7 Å². The van der Waals surface area contributed by atoms with Crippen LogP contribution in [-0.4, -0.2) is 19.3 Å². The lowest BCUT2D eigenvalue weighted by atomic mass is 10.00. The fourth-order valence-corrected chi connectivity index (χ4v) is 5.53. The van der Waals surface area contributed by atoms with Crippen molar-refractivity contribution in [1.29, 1.82) is 0 Å². The van der Waals surface area contributed by atoms with Crippen LogP contribution in [0, 0.1) is 0 Å². The van der Waals surface area contributed by atoms with E-state index in [1.807, 2.05) is 12.3 Å². The zero-order valence-corrected chi connectivity index (χ0v) is 20.6. The van der Waals surface area contributed by atoms with Crippen LogP contribution in [0.3, 0.4) is 0 Å². The molecule has 2 heteroatoms. The quantitative estimate of drug-likeness (QED) is 0.150. The standard InChI is InChI=1S/C33H33N2/c1-3-35(4-2)32(28-18-12-7-13-19-28)23-30-22-29(21-20-26-14-8-5-9-15-26)31(24-33(30)35)34-25-27-16-10-6-11-17-27/h5-22,24-25,32H,3-4,23H2,1-2H3/q+1. The Balaban J connectivity index is 1.62. The number of aliphatic imine (C=N–C) groups is 1. The Kier molecular flexibility index (Phi) is 6.74. The minimum absolute atomic E-state index is 0.431. The summed E-state index contributed by atoms with van der Waals surface area (Å²) in [4.78, 5) is 5.01. The Bertz CT molecular complexity index is 1320. The molecular formula is C33H33N2+. The largest absolute Gasteiger partial charge is 0.285 e. The van der Waals surface area contributed by atoms with Gasteiger partial charge in [0.2, 0.25) is 0 Å². The summed E-state index contributed by atoms with van der Waals surface area (Å²) in [5, 5.41) is 0. The second-order valence-corrected chi connectivity index (χ2v) is 9.25. The van der Waals surface area contributed by atoms with E-state index in [1.54, 1.807) is 0 Å². The number of likely N-dealkylation sites (N-methyl/N-ethyl adjacent to an activating group) is 1. The molecule has 1 heterocycles. The fraction of sp³-hybridized carbons (Fsp3) is 0.182. The van der Waals surface area contributed by atoms with Gasteiger partial charge in [-0.15, -0.1) is 0 Å². The molecule has 4 aromatic rings. The first-order valence-electron chi connectivity index (χ1n) is 12.6. The second-order valence-electron chi connectivity index (χ2n) is 9.25. The van der Waals surface area contributed by atoms with Crippen LogP contribution in [0.25, 0.3) is 12.2 Å². The average molecular weight is 458 g/mol. The first-order chi connectivity index (χ1) is 17.2. The van der Waals surface area contributed by atoms with E-state index in [0.29, 0.717) is 6.04 Å². The van der Waals surface area contributed by atoms with Crippen LogP contribution < -0.4 is 4.48 Å². The van der Waals surface area contributed by atoms with Crippen molar-refractivity contribution in [1.82, 2.24) is 4.48 Å². The molecule has 0 aliphatic carbocycles. The highest BCUT2D eigenvalue weighted by molar-refractivity contribution is 5.86. The van der Waals surface area contributed by atoms with E-state index >= 15 is 0 Å². The normalized spacial score (nSPS) is 16.7. The fourth-order valence-electron chi connectivity index (χ4n) is 5.53. The molecule has 0 saturated carbocycles. The van der Waals surface area contributed by atoms with Crippen LogP contribution in [0.5, 0.6) is 0 Å². The zero-order chi connectivity index (χ0) is 24.1. The van der Waals surface area contributed by atoms with Gasteiger partial charge in [0.05, 0.1) is 18.8 Å². The van der Waals surface area contributed by atoms with Crippen molar-refractivity contribution in [3.05, 3.63) is 131 Å². The predicted octanol–water partition coefficient (Wildman–Crippen LogP) is 8.25. The highest BCUT2D eigenvalue weighted by Crippen LogP contribution is 2.49. The van der Waals surface area contributed by atoms with Gasteiger partial charge < -0.3 is 0 Å². The third-order valence-corrected chi connectivity index (χ3v) is 7.44. The number of hydrogen-bond acceptors (Lipinski definition) is 1. The van der Waals surface area contributed by atoms with Gasteiger partial charge >= 0.3 is 0 Å². The van der Waals surface area contributed by atoms with Gasteiger partial charge in [-0.05, 0) is 31.0 Å². The van der Waals surface area contributed by atoms with E-state index in [4.69, 9.17) is 4.99 Å². The van der Waals surface area contributed by atoms with E-state index in [1.165, 1.54) is 27.9 Å². The Labute approximate surface area is 209 Å². The molecule has 5 rings (SSSR count). The molecule has 35 heavy (non-hydrogen) atoms. The maximum atomic E-state index is 5.01. The van der Waals surface area contributed by atoms with Gasteiger partial charge in [-0.3, -0.25) is 9.48 Å². The topological polar surface area (TPSA) is 12.4 Å². The number of hydrogen-bond donors (Lipinski definition) is 0. The number of quaternary nitrogens is 1. The van der Waals surface area contributed by atoms with E-state index < -0.39 is 0 Å². The second kappa shape index (κ2) is 10.2. The first kappa shape index (κ1) is 23.0. The molecule has 1 aliphatic heterocycles. The maximum absolute atomic E-state index is 5.01. The van der Waals surface area contributed by atoms with Crippen molar-refractivity contribution in [3.63, 3.8) is 0 Å². The van der Waals surface area contributed by atoms with Crippen LogP contribution in [0.2, 0.25) is 0 Å². The predicted molar refractivity (Wildman–Crippen MR) is 151 cm³/mol. The Morgan fingerprint density at radius 1 is 0.743 bits per heavy atom. The van der Waals surface area contributed by atoms with Gasteiger partial charge in [0.15, 0.2) is 0 Å². The third-order valence-electron chi connectivity index (χ3n) is 7.44. The van der Waals surface area contributed by atoms with Crippen molar-refractivity contribution < 1.29 is 0 Å². The van der Waals surface area contributed by atoms with Gasteiger partial charge in [-0.25, -0.2) is 0 Å². The molecule has 0 spiro atoms. The molecule has 0 amide bonds. The van der Waals surface area contributed by atoms with Gasteiger partial charge in [-0.1, -0.05) is 103 Å². The van der Waals surface area contributed by atoms with Crippen molar-refractivity contribution in [2.45, 2.75) is 26.3 Å². The molecule has 1 aliphatic rings. The highest BCUT2D eigenvalue weighted by atomic mass is 15.4. The lowest BCUT2D eigenvalue weighted by molar-refractivity contribution is 0.241. The smallest absolute Gasteiger partial charge is 0.139 e. The van der Waals surface area contributed by atoms with Crippen molar-refractivity contribution in [2.75, 3.05) is 13.1 Å². The van der Waals surface area contributed by atoms with Crippen molar-refractivity contribution in [3.8, 4) is 0 Å². The van der Waals surface area contributed by atoms with E-state index in [-0.39, 0.29) is 0 Å². The number of benzene rings is 4. The number of nitrogens with zero attached hydrogens (tertiary/aromatic N) is 2. The minimum Gasteiger partial charge on any atom is -0.285 e. The van der Waals surface area contributed by atoms with E-state index in [2.05, 4.69) is 123 Å². The highest BCUT2D eigenvalue weighted by Gasteiger charge is 2.45. The maximum Gasteiger partial charge on any atom is 0.139 e. The summed E-state index contributed by atoms with van der Waals surface area (Å²) in [5.74, 6) is 0. The molecule has 0 saturated heterocycles. The molecule has 4 aromatic carbocycles. The molecule has 1 atom stereocenters.